The number of carbonyl (C=O) groups excluding carboxylic acids is 2. The van der Waals surface area contributed by atoms with Crippen LogP contribution in [0.15, 0.2) is 30.4 Å². The van der Waals surface area contributed by atoms with Crippen LogP contribution in [0.2, 0.25) is 0 Å². The van der Waals surface area contributed by atoms with Crippen LogP contribution in [0.5, 0.6) is 11.5 Å². The SMILES string of the molecule is COc1ccc(CNC(=O)C=CC(=O)[O-])cc1OC. The van der Waals surface area contributed by atoms with Gasteiger partial charge in [0.1, 0.15) is 0 Å². The first-order valence-electron chi connectivity index (χ1n) is 5.44. The number of aliphatic carboxylic acids is 1. The lowest BCUT2D eigenvalue weighted by Gasteiger charge is -2.09. The number of amides is 1. The molecule has 0 aromatic heterocycles. The van der Waals surface area contributed by atoms with Crippen molar-refractivity contribution in [2.24, 2.45) is 0 Å². The Hall–Kier alpha value is -2.50. The third-order valence-corrected chi connectivity index (χ3v) is 2.29. The number of methoxy groups -OCH3 is 2. The van der Waals surface area contributed by atoms with Crippen molar-refractivity contribution in [1.82, 2.24) is 5.32 Å². The second kappa shape index (κ2) is 7.05. The lowest BCUT2D eigenvalue weighted by atomic mass is 10.2. The minimum Gasteiger partial charge on any atom is -0.545 e. The van der Waals surface area contributed by atoms with Crippen LogP contribution in [0.4, 0.5) is 0 Å². The Morgan fingerprint density at radius 1 is 1.21 bits per heavy atom. The summed E-state index contributed by atoms with van der Waals surface area (Å²) >= 11 is 0. The zero-order chi connectivity index (χ0) is 14.3. The fourth-order valence-corrected chi connectivity index (χ4v) is 1.38. The Morgan fingerprint density at radius 2 is 1.89 bits per heavy atom. The quantitative estimate of drug-likeness (QED) is 0.708. The third kappa shape index (κ3) is 4.71. The van der Waals surface area contributed by atoms with E-state index in [0.29, 0.717) is 17.6 Å². The number of carbonyl (C=O) groups is 2. The lowest BCUT2D eigenvalue weighted by Crippen LogP contribution is -2.23. The zero-order valence-electron chi connectivity index (χ0n) is 10.6. The van der Waals surface area contributed by atoms with Crippen molar-refractivity contribution in [3.05, 3.63) is 35.9 Å². The molecule has 0 fully saturated rings. The third-order valence-electron chi connectivity index (χ3n) is 2.29. The number of carboxylic acids is 1. The monoisotopic (exact) mass is 264 g/mol. The number of carboxylic acid groups (broad SMARTS) is 1. The summed E-state index contributed by atoms with van der Waals surface area (Å²) in [5.41, 5.74) is 0.799. The van der Waals surface area contributed by atoms with Gasteiger partial charge < -0.3 is 24.7 Å². The van der Waals surface area contributed by atoms with E-state index in [9.17, 15) is 14.7 Å². The van der Waals surface area contributed by atoms with Crippen molar-refractivity contribution in [2.45, 2.75) is 6.54 Å². The van der Waals surface area contributed by atoms with Crippen LogP contribution in [-0.2, 0) is 16.1 Å². The topological polar surface area (TPSA) is 87.7 Å². The van der Waals surface area contributed by atoms with E-state index in [0.717, 1.165) is 11.6 Å². The van der Waals surface area contributed by atoms with Crippen molar-refractivity contribution in [3.63, 3.8) is 0 Å². The second-order valence-electron chi connectivity index (χ2n) is 3.56. The van der Waals surface area contributed by atoms with E-state index in [2.05, 4.69) is 5.32 Å². The molecule has 0 spiro atoms. The summed E-state index contributed by atoms with van der Waals surface area (Å²) in [5.74, 6) is -0.783. The smallest absolute Gasteiger partial charge is 0.244 e. The Morgan fingerprint density at radius 3 is 2.47 bits per heavy atom. The van der Waals surface area contributed by atoms with Gasteiger partial charge in [0.05, 0.1) is 20.2 Å². The van der Waals surface area contributed by atoms with Crippen LogP contribution in [0, 0.1) is 0 Å². The summed E-state index contributed by atoms with van der Waals surface area (Å²) in [6.45, 7) is 0.247. The molecule has 1 aromatic carbocycles. The summed E-state index contributed by atoms with van der Waals surface area (Å²) in [6, 6.07) is 5.21. The van der Waals surface area contributed by atoms with Gasteiger partial charge in [-0.25, -0.2) is 0 Å². The molecule has 0 heterocycles. The molecule has 19 heavy (non-hydrogen) atoms. The molecular weight excluding hydrogens is 250 g/mol. The fourth-order valence-electron chi connectivity index (χ4n) is 1.38. The predicted molar refractivity (Wildman–Crippen MR) is 65.5 cm³/mol. The van der Waals surface area contributed by atoms with Gasteiger partial charge in [0.25, 0.3) is 0 Å². The highest BCUT2D eigenvalue weighted by Crippen LogP contribution is 2.27. The average molecular weight is 264 g/mol. The maximum Gasteiger partial charge on any atom is 0.244 e. The van der Waals surface area contributed by atoms with Crippen molar-refractivity contribution >= 4 is 11.9 Å². The van der Waals surface area contributed by atoms with Crippen LogP contribution < -0.4 is 19.9 Å². The van der Waals surface area contributed by atoms with Crippen LogP contribution in [0.1, 0.15) is 5.56 Å². The standard InChI is InChI=1S/C13H15NO5/c1-18-10-4-3-9(7-11(10)19-2)8-14-12(15)5-6-13(16)17/h3-7H,8H2,1-2H3,(H,14,15)(H,16,17)/p-1. The molecule has 1 amide bonds. The van der Waals surface area contributed by atoms with E-state index in [-0.39, 0.29) is 6.54 Å². The molecule has 1 N–H and O–H groups in total. The lowest BCUT2D eigenvalue weighted by molar-refractivity contribution is -0.297. The molecule has 0 aliphatic rings. The van der Waals surface area contributed by atoms with Gasteiger partial charge in [0, 0.05) is 12.6 Å². The van der Waals surface area contributed by atoms with Gasteiger partial charge in [-0.2, -0.15) is 0 Å². The molecule has 0 bridgehead atoms. The molecule has 1 rings (SSSR count). The highest BCUT2D eigenvalue weighted by atomic mass is 16.5. The summed E-state index contributed by atoms with van der Waals surface area (Å²) in [4.78, 5) is 21.4. The maximum absolute atomic E-state index is 11.3. The highest BCUT2D eigenvalue weighted by molar-refractivity contribution is 5.93. The number of nitrogens with one attached hydrogen (secondary N) is 1. The predicted octanol–water partition coefficient (Wildman–Crippen LogP) is -0.374. The molecule has 1 aromatic rings. The van der Waals surface area contributed by atoms with E-state index in [4.69, 9.17) is 9.47 Å². The average Bonchev–Trinajstić information content (AvgIpc) is 2.42. The van der Waals surface area contributed by atoms with Gasteiger partial charge in [-0.15, -0.1) is 0 Å². The Bertz CT molecular complexity index is 496. The zero-order valence-corrected chi connectivity index (χ0v) is 10.6. The summed E-state index contributed by atoms with van der Waals surface area (Å²) in [6.07, 6.45) is 1.57. The Balaban J connectivity index is 2.63. The number of ether oxygens (including phenoxy) is 2. The van der Waals surface area contributed by atoms with Crippen LogP contribution >= 0.6 is 0 Å². The van der Waals surface area contributed by atoms with Gasteiger partial charge in [-0.05, 0) is 23.8 Å². The first kappa shape index (κ1) is 14.6. The fraction of sp³-hybridized carbons (Fsp3) is 0.231. The first-order valence-corrected chi connectivity index (χ1v) is 5.44. The minimum absolute atomic E-state index is 0.247. The molecule has 6 nitrogen and oxygen atoms in total. The number of rotatable bonds is 6. The van der Waals surface area contributed by atoms with Crippen LogP contribution in [0.25, 0.3) is 0 Å². The Kier molecular flexibility index (Phi) is 5.40. The van der Waals surface area contributed by atoms with E-state index in [1.165, 1.54) is 14.2 Å². The van der Waals surface area contributed by atoms with Gasteiger partial charge in [-0.1, -0.05) is 6.07 Å². The molecular formula is C13H14NO5-. The highest BCUT2D eigenvalue weighted by Gasteiger charge is 2.04. The first-order chi connectivity index (χ1) is 9.06. The summed E-state index contributed by atoms with van der Waals surface area (Å²) in [5, 5.41) is 12.7. The summed E-state index contributed by atoms with van der Waals surface area (Å²) in [7, 11) is 3.05. The van der Waals surface area contributed by atoms with Crippen molar-refractivity contribution < 1.29 is 24.2 Å². The molecule has 0 saturated carbocycles. The van der Waals surface area contributed by atoms with E-state index < -0.39 is 11.9 Å². The van der Waals surface area contributed by atoms with Gasteiger partial charge in [0.2, 0.25) is 5.91 Å². The largest absolute Gasteiger partial charge is 0.545 e. The number of hydrogen-bond donors (Lipinski definition) is 1. The Labute approximate surface area is 110 Å². The molecule has 0 aliphatic heterocycles. The normalized spacial score (nSPS) is 10.2. The summed E-state index contributed by atoms with van der Waals surface area (Å²) < 4.78 is 10.2. The van der Waals surface area contributed by atoms with Crippen LogP contribution in [0.3, 0.4) is 0 Å². The molecule has 6 heteroatoms. The molecule has 0 radical (unpaired) electrons. The van der Waals surface area contributed by atoms with Crippen LogP contribution in [-0.4, -0.2) is 26.1 Å². The van der Waals surface area contributed by atoms with Crippen molar-refractivity contribution in [2.75, 3.05) is 14.2 Å². The van der Waals surface area contributed by atoms with Crippen molar-refractivity contribution in [1.29, 1.82) is 0 Å². The maximum atomic E-state index is 11.3. The molecule has 102 valence electrons. The molecule has 0 atom stereocenters. The molecule has 0 saturated heterocycles. The number of hydrogen-bond acceptors (Lipinski definition) is 5. The van der Waals surface area contributed by atoms with E-state index in [1.807, 2.05) is 0 Å². The van der Waals surface area contributed by atoms with Crippen molar-refractivity contribution in [3.8, 4) is 11.5 Å². The molecule has 0 aliphatic carbocycles. The van der Waals surface area contributed by atoms with Gasteiger partial charge in [-0.3, -0.25) is 4.79 Å². The minimum atomic E-state index is -1.42. The van der Waals surface area contributed by atoms with Gasteiger partial charge in [0.15, 0.2) is 11.5 Å². The second-order valence-corrected chi connectivity index (χ2v) is 3.56. The van der Waals surface area contributed by atoms with E-state index in [1.54, 1.807) is 18.2 Å². The van der Waals surface area contributed by atoms with E-state index >= 15 is 0 Å². The van der Waals surface area contributed by atoms with Gasteiger partial charge >= 0.3 is 0 Å². The molecule has 0 unspecified atom stereocenters. The number of benzene rings is 1.